The first-order valence-electron chi connectivity index (χ1n) is 5.84. The van der Waals surface area contributed by atoms with Crippen molar-refractivity contribution >= 4 is 18.0 Å². The third-order valence-electron chi connectivity index (χ3n) is 2.60. The zero-order valence-electron chi connectivity index (χ0n) is 11.2. The summed E-state index contributed by atoms with van der Waals surface area (Å²) in [6.07, 6.45) is 1.21. The second kappa shape index (κ2) is 4.96. The van der Waals surface area contributed by atoms with E-state index in [1.807, 2.05) is 0 Å². The van der Waals surface area contributed by atoms with Crippen molar-refractivity contribution in [3.63, 3.8) is 0 Å². The number of carbonyl (C=O) groups is 2. The Balaban J connectivity index is 2.33. The zero-order chi connectivity index (χ0) is 14.9. The Morgan fingerprint density at radius 2 is 1.80 bits per heavy atom. The standard InChI is InChI=1S/C14H13FO5/c1-14(2)19-12(16)9(13(17)20-14)6-8-4-5-11(18-3)10(15)7-8/h4-7H,1-3H3. The number of rotatable bonds is 2. The zero-order valence-corrected chi connectivity index (χ0v) is 11.2. The van der Waals surface area contributed by atoms with Gasteiger partial charge in [-0.1, -0.05) is 6.07 Å². The molecule has 1 aromatic rings. The molecule has 0 bridgehead atoms. The highest BCUT2D eigenvalue weighted by Crippen LogP contribution is 2.25. The predicted octanol–water partition coefficient (Wildman–Crippen LogP) is 2.05. The molecule has 1 aromatic carbocycles. The summed E-state index contributed by atoms with van der Waals surface area (Å²) in [5.74, 6) is -3.43. The third-order valence-corrected chi connectivity index (χ3v) is 2.60. The van der Waals surface area contributed by atoms with Gasteiger partial charge in [-0.2, -0.15) is 0 Å². The Labute approximate surface area is 114 Å². The fourth-order valence-corrected chi connectivity index (χ4v) is 1.72. The minimum absolute atomic E-state index is 0.0714. The van der Waals surface area contributed by atoms with Crippen LogP contribution in [0.3, 0.4) is 0 Å². The van der Waals surface area contributed by atoms with E-state index in [1.54, 1.807) is 0 Å². The van der Waals surface area contributed by atoms with Gasteiger partial charge in [-0.25, -0.2) is 14.0 Å². The van der Waals surface area contributed by atoms with E-state index in [-0.39, 0.29) is 11.3 Å². The number of esters is 2. The maximum Gasteiger partial charge on any atom is 0.348 e. The lowest BCUT2D eigenvalue weighted by Crippen LogP contribution is -2.41. The molecule has 0 unspecified atom stereocenters. The normalized spacial score (nSPS) is 17.3. The van der Waals surface area contributed by atoms with Gasteiger partial charge >= 0.3 is 11.9 Å². The first-order chi connectivity index (χ1) is 9.32. The number of halogens is 1. The van der Waals surface area contributed by atoms with Crippen molar-refractivity contribution in [1.29, 1.82) is 0 Å². The van der Waals surface area contributed by atoms with Crippen molar-refractivity contribution in [2.24, 2.45) is 0 Å². The smallest absolute Gasteiger partial charge is 0.348 e. The van der Waals surface area contributed by atoms with Crippen LogP contribution in [0.1, 0.15) is 19.4 Å². The number of ether oxygens (including phenoxy) is 3. The van der Waals surface area contributed by atoms with Crippen LogP contribution < -0.4 is 4.74 Å². The van der Waals surface area contributed by atoms with E-state index in [2.05, 4.69) is 0 Å². The summed E-state index contributed by atoms with van der Waals surface area (Å²) in [6, 6.07) is 4.05. The minimum atomic E-state index is -1.29. The molecule has 20 heavy (non-hydrogen) atoms. The van der Waals surface area contributed by atoms with Gasteiger partial charge in [0.1, 0.15) is 5.57 Å². The molecule has 1 saturated heterocycles. The highest BCUT2D eigenvalue weighted by molar-refractivity contribution is 6.18. The minimum Gasteiger partial charge on any atom is -0.494 e. The quantitative estimate of drug-likeness (QED) is 0.471. The van der Waals surface area contributed by atoms with Crippen LogP contribution in [0.15, 0.2) is 23.8 Å². The van der Waals surface area contributed by atoms with Gasteiger partial charge < -0.3 is 14.2 Å². The molecular formula is C14H13FO5. The second-order valence-electron chi connectivity index (χ2n) is 4.63. The first kappa shape index (κ1) is 14.0. The van der Waals surface area contributed by atoms with Crippen molar-refractivity contribution in [2.45, 2.75) is 19.6 Å². The molecule has 6 heteroatoms. The highest BCUT2D eigenvalue weighted by atomic mass is 19.1. The molecule has 1 heterocycles. The molecule has 0 aliphatic carbocycles. The van der Waals surface area contributed by atoms with E-state index in [0.29, 0.717) is 5.56 Å². The number of carbonyl (C=O) groups excluding carboxylic acids is 2. The van der Waals surface area contributed by atoms with Gasteiger partial charge in [-0.15, -0.1) is 0 Å². The number of cyclic esters (lactones) is 2. The summed E-state index contributed by atoms with van der Waals surface area (Å²) < 4.78 is 28.2. The lowest BCUT2D eigenvalue weighted by molar-refractivity contribution is -0.222. The predicted molar refractivity (Wildman–Crippen MR) is 67.2 cm³/mol. The van der Waals surface area contributed by atoms with Gasteiger partial charge in [0.2, 0.25) is 0 Å². The topological polar surface area (TPSA) is 61.8 Å². The number of benzene rings is 1. The highest BCUT2D eigenvalue weighted by Gasteiger charge is 2.38. The average molecular weight is 280 g/mol. The van der Waals surface area contributed by atoms with Crippen LogP contribution in [0.2, 0.25) is 0 Å². The molecule has 0 saturated carbocycles. The van der Waals surface area contributed by atoms with Crippen LogP contribution in [0, 0.1) is 5.82 Å². The molecule has 0 N–H and O–H groups in total. The molecule has 0 amide bonds. The summed E-state index contributed by atoms with van der Waals surface area (Å²) >= 11 is 0. The molecule has 0 aromatic heterocycles. The Morgan fingerprint density at radius 3 is 2.30 bits per heavy atom. The number of methoxy groups -OCH3 is 1. The molecule has 106 valence electrons. The number of hydrogen-bond donors (Lipinski definition) is 0. The molecule has 0 spiro atoms. The first-order valence-corrected chi connectivity index (χ1v) is 5.84. The lowest BCUT2D eigenvalue weighted by atomic mass is 10.1. The van der Waals surface area contributed by atoms with Gasteiger partial charge in [0.05, 0.1) is 7.11 Å². The SMILES string of the molecule is COc1ccc(C=C2C(=O)OC(C)(C)OC2=O)cc1F. The molecule has 1 aliphatic rings. The summed E-state index contributed by atoms with van der Waals surface area (Å²) in [5.41, 5.74) is 0.0424. The third kappa shape index (κ3) is 2.79. The Bertz CT molecular complexity index is 582. The molecular weight excluding hydrogens is 267 g/mol. The van der Waals surface area contributed by atoms with Crippen molar-refractivity contribution in [2.75, 3.05) is 7.11 Å². The number of hydrogen-bond acceptors (Lipinski definition) is 5. The van der Waals surface area contributed by atoms with Gasteiger partial charge in [-0.05, 0) is 23.8 Å². The van der Waals surface area contributed by atoms with E-state index < -0.39 is 23.5 Å². The molecule has 1 aliphatic heterocycles. The van der Waals surface area contributed by atoms with Gasteiger partial charge in [0.15, 0.2) is 11.6 Å². The van der Waals surface area contributed by atoms with E-state index >= 15 is 0 Å². The largest absolute Gasteiger partial charge is 0.494 e. The Hall–Kier alpha value is -2.37. The molecule has 0 radical (unpaired) electrons. The van der Waals surface area contributed by atoms with Crippen molar-refractivity contribution in [1.82, 2.24) is 0 Å². The van der Waals surface area contributed by atoms with Crippen LogP contribution in [0.25, 0.3) is 6.08 Å². The van der Waals surface area contributed by atoms with E-state index in [4.69, 9.17) is 14.2 Å². The molecule has 0 atom stereocenters. The van der Waals surface area contributed by atoms with E-state index in [1.165, 1.54) is 39.2 Å². The maximum atomic E-state index is 13.5. The fraction of sp³-hybridized carbons (Fsp3) is 0.286. The summed E-state index contributed by atoms with van der Waals surface area (Å²) in [7, 11) is 1.34. The fourth-order valence-electron chi connectivity index (χ4n) is 1.72. The van der Waals surface area contributed by atoms with Gasteiger partial charge in [0.25, 0.3) is 5.79 Å². The Morgan fingerprint density at radius 1 is 1.20 bits per heavy atom. The van der Waals surface area contributed by atoms with Crippen LogP contribution in [-0.4, -0.2) is 24.8 Å². The van der Waals surface area contributed by atoms with E-state index in [0.717, 1.165) is 6.07 Å². The van der Waals surface area contributed by atoms with Crippen molar-refractivity contribution < 1.29 is 28.2 Å². The van der Waals surface area contributed by atoms with Crippen LogP contribution in [0.4, 0.5) is 4.39 Å². The Kier molecular flexibility index (Phi) is 3.48. The van der Waals surface area contributed by atoms with Crippen LogP contribution in [0.5, 0.6) is 5.75 Å². The maximum absolute atomic E-state index is 13.5. The van der Waals surface area contributed by atoms with E-state index in [9.17, 15) is 14.0 Å². The van der Waals surface area contributed by atoms with Crippen molar-refractivity contribution in [3.8, 4) is 5.75 Å². The summed E-state index contributed by atoms with van der Waals surface area (Å²) in [6.45, 7) is 2.90. The van der Waals surface area contributed by atoms with Crippen molar-refractivity contribution in [3.05, 3.63) is 35.2 Å². The second-order valence-corrected chi connectivity index (χ2v) is 4.63. The van der Waals surface area contributed by atoms with Gasteiger partial charge in [0, 0.05) is 13.8 Å². The van der Waals surface area contributed by atoms with Crippen LogP contribution >= 0.6 is 0 Å². The molecule has 5 nitrogen and oxygen atoms in total. The lowest BCUT2D eigenvalue weighted by Gasteiger charge is -2.29. The monoisotopic (exact) mass is 280 g/mol. The van der Waals surface area contributed by atoms with Crippen LogP contribution in [-0.2, 0) is 19.1 Å². The van der Waals surface area contributed by atoms with Gasteiger partial charge in [-0.3, -0.25) is 0 Å². The summed E-state index contributed by atoms with van der Waals surface area (Å²) in [4.78, 5) is 23.4. The average Bonchev–Trinajstić information content (AvgIpc) is 2.33. The molecule has 1 fully saturated rings. The summed E-state index contributed by atoms with van der Waals surface area (Å²) in [5, 5.41) is 0. The molecule has 2 rings (SSSR count).